The van der Waals surface area contributed by atoms with Gasteiger partial charge in [-0.3, -0.25) is 0 Å². The van der Waals surface area contributed by atoms with Crippen molar-refractivity contribution >= 4 is 0 Å². The van der Waals surface area contributed by atoms with E-state index in [1.54, 1.807) is 0 Å². The molecule has 2 nitrogen and oxygen atoms in total. The van der Waals surface area contributed by atoms with Gasteiger partial charge >= 0.3 is 0 Å². The molecule has 0 unspecified atom stereocenters. The Balaban J connectivity index is 1.92. The van der Waals surface area contributed by atoms with Gasteiger partial charge in [-0.2, -0.15) is 0 Å². The standard InChI is InChI=1S/C7H10O2/c1-2-4-6-7(9-6)5(3-1)8-4/h4-7H,1-3H2/t4-,5+,6-,7+. The van der Waals surface area contributed by atoms with Gasteiger partial charge in [0.25, 0.3) is 0 Å². The lowest BCUT2D eigenvalue weighted by Crippen LogP contribution is -2.24. The van der Waals surface area contributed by atoms with Crippen LogP contribution in [0, 0.1) is 0 Å². The zero-order valence-electron chi connectivity index (χ0n) is 5.25. The highest BCUT2D eigenvalue weighted by Gasteiger charge is 2.58. The van der Waals surface area contributed by atoms with E-state index in [2.05, 4.69) is 0 Å². The Morgan fingerprint density at radius 3 is 2.11 bits per heavy atom. The molecule has 0 aliphatic carbocycles. The molecule has 3 aliphatic heterocycles. The van der Waals surface area contributed by atoms with Crippen LogP contribution < -0.4 is 0 Å². The highest BCUT2D eigenvalue weighted by molar-refractivity contribution is 5.05. The Bertz CT molecular complexity index is 132. The maximum absolute atomic E-state index is 5.63. The topological polar surface area (TPSA) is 21.8 Å². The van der Waals surface area contributed by atoms with Crippen molar-refractivity contribution < 1.29 is 9.47 Å². The number of ether oxygens (including phenoxy) is 2. The van der Waals surface area contributed by atoms with E-state index < -0.39 is 0 Å². The van der Waals surface area contributed by atoms with E-state index in [-0.39, 0.29) is 0 Å². The van der Waals surface area contributed by atoms with E-state index in [9.17, 15) is 0 Å². The van der Waals surface area contributed by atoms with Crippen LogP contribution in [0.5, 0.6) is 0 Å². The molecule has 0 aromatic heterocycles. The number of hydrogen-bond acceptors (Lipinski definition) is 2. The lowest BCUT2D eigenvalue weighted by atomic mass is 10.1. The largest absolute Gasteiger partial charge is 0.369 e. The summed E-state index contributed by atoms with van der Waals surface area (Å²) in [4.78, 5) is 0. The summed E-state index contributed by atoms with van der Waals surface area (Å²) in [5.74, 6) is 0. The monoisotopic (exact) mass is 126 g/mol. The van der Waals surface area contributed by atoms with Crippen LogP contribution in [-0.2, 0) is 9.47 Å². The second kappa shape index (κ2) is 1.32. The van der Waals surface area contributed by atoms with Gasteiger partial charge in [0.1, 0.15) is 12.2 Å². The first-order valence-corrected chi connectivity index (χ1v) is 3.76. The molecule has 2 heteroatoms. The minimum Gasteiger partial charge on any atom is -0.369 e. The van der Waals surface area contributed by atoms with Crippen molar-refractivity contribution in [1.29, 1.82) is 0 Å². The molecule has 3 rings (SSSR count). The van der Waals surface area contributed by atoms with E-state index in [0.29, 0.717) is 24.4 Å². The first kappa shape index (κ1) is 4.69. The smallest absolute Gasteiger partial charge is 0.113 e. The predicted octanol–water partition coefficient (Wildman–Crippen LogP) is 0.705. The normalized spacial score (nSPS) is 61.3. The van der Waals surface area contributed by atoms with Crippen LogP contribution in [0.1, 0.15) is 19.3 Å². The van der Waals surface area contributed by atoms with Gasteiger partial charge in [0.05, 0.1) is 12.2 Å². The van der Waals surface area contributed by atoms with Crippen molar-refractivity contribution in [3.63, 3.8) is 0 Å². The van der Waals surface area contributed by atoms with Crippen LogP contribution in [0.25, 0.3) is 0 Å². The van der Waals surface area contributed by atoms with Gasteiger partial charge in [0, 0.05) is 0 Å². The van der Waals surface area contributed by atoms with Crippen molar-refractivity contribution in [1.82, 2.24) is 0 Å². The van der Waals surface area contributed by atoms with Gasteiger partial charge in [0.2, 0.25) is 0 Å². The van der Waals surface area contributed by atoms with Crippen LogP contribution in [0.2, 0.25) is 0 Å². The van der Waals surface area contributed by atoms with Gasteiger partial charge < -0.3 is 9.47 Å². The van der Waals surface area contributed by atoms with Crippen LogP contribution in [0.3, 0.4) is 0 Å². The summed E-state index contributed by atoms with van der Waals surface area (Å²) in [6, 6.07) is 0. The average molecular weight is 126 g/mol. The van der Waals surface area contributed by atoms with E-state index in [0.717, 1.165) is 0 Å². The molecular weight excluding hydrogens is 116 g/mol. The number of fused-ring (bicyclic) bond motifs is 5. The van der Waals surface area contributed by atoms with Crippen LogP contribution in [0.4, 0.5) is 0 Å². The van der Waals surface area contributed by atoms with Crippen molar-refractivity contribution in [3.8, 4) is 0 Å². The minimum absolute atomic E-state index is 0.480. The van der Waals surface area contributed by atoms with Crippen molar-refractivity contribution in [2.24, 2.45) is 0 Å². The molecule has 2 bridgehead atoms. The molecule has 0 spiro atoms. The fourth-order valence-corrected chi connectivity index (χ4v) is 2.10. The molecule has 4 atom stereocenters. The third kappa shape index (κ3) is 0.485. The Kier molecular flexibility index (Phi) is 0.691. The molecule has 3 aliphatic rings. The first-order valence-electron chi connectivity index (χ1n) is 3.76. The van der Waals surface area contributed by atoms with Crippen LogP contribution in [-0.4, -0.2) is 24.4 Å². The summed E-state index contributed by atoms with van der Waals surface area (Å²) in [6.07, 6.45) is 5.80. The molecule has 3 fully saturated rings. The summed E-state index contributed by atoms with van der Waals surface area (Å²) in [7, 11) is 0. The van der Waals surface area contributed by atoms with E-state index in [1.807, 2.05) is 0 Å². The van der Waals surface area contributed by atoms with Gasteiger partial charge in [0.15, 0.2) is 0 Å². The van der Waals surface area contributed by atoms with E-state index in [1.165, 1.54) is 19.3 Å². The van der Waals surface area contributed by atoms with Gasteiger partial charge in [-0.1, -0.05) is 0 Å². The lowest BCUT2D eigenvalue weighted by Gasteiger charge is -2.22. The minimum atomic E-state index is 0.480. The van der Waals surface area contributed by atoms with Gasteiger partial charge in [-0.25, -0.2) is 0 Å². The summed E-state index contributed by atoms with van der Waals surface area (Å²) < 4.78 is 11.0. The molecule has 3 saturated heterocycles. The average Bonchev–Trinajstić information content (AvgIpc) is 2.62. The maximum atomic E-state index is 5.63. The molecule has 50 valence electrons. The predicted molar refractivity (Wildman–Crippen MR) is 31.2 cm³/mol. The van der Waals surface area contributed by atoms with Crippen molar-refractivity contribution in [2.45, 2.75) is 43.7 Å². The maximum Gasteiger partial charge on any atom is 0.113 e. The Morgan fingerprint density at radius 1 is 0.889 bits per heavy atom. The molecule has 0 radical (unpaired) electrons. The van der Waals surface area contributed by atoms with E-state index in [4.69, 9.17) is 9.47 Å². The molecule has 0 aromatic rings. The second-order valence-electron chi connectivity index (χ2n) is 3.21. The van der Waals surface area contributed by atoms with Gasteiger partial charge in [-0.05, 0) is 19.3 Å². The lowest BCUT2D eigenvalue weighted by molar-refractivity contribution is -0.0607. The third-order valence-corrected chi connectivity index (χ3v) is 2.62. The fourth-order valence-electron chi connectivity index (χ4n) is 2.10. The van der Waals surface area contributed by atoms with Crippen LogP contribution in [0.15, 0.2) is 0 Å². The van der Waals surface area contributed by atoms with E-state index >= 15 is 0 Å². The molecule has 0 saturated carbocycles. The van der Waals surface area contributed by atoms with Crippen molar-refractivity contribution in [3.05, 3.63) is 0 Å². The SMILES string of the molecule is C1C[C@@H]2O[C@H](C1)[C@H]1O[C@H]12. The number of epoxide rings is 1. The Hall–Kier alpha value is -0.0800. The summed E-state index contributed by atoms with van der Waals surface area (Å²) >= 11 is 0. The second-order valence-corrected chi connectivity index (χ2v) is 3.21. The highest BCUT2D eigenvalue weighted by Crippen LogP contribution is 2.45. The third-order valence-electron chi connectivity index (χ3n) is 2.62. The van der Waals surface area contributed by atoms with Crippen LogP contribution >= 0.6 is 0 Å². The van der Waals surface area contributed by atoms with Gasteiger partial charge in [-0.15, -0.1) is 0 Å². The molecule has 9 heavy (non-hydrogen) atoms. The van der Waals surface area contributed by atoms with Crippen molar-refractivity contribution in [2.75, 3.05) is 0 Å². The molecular formula is C7H10O2. The zero-order chi connectivity index (χ0) is 5.84. The quantitative estimate of drug-likeness (QED) is 0.446. The molecule has 0 amide bonds. The Labute approximate surface area is 54.1 Å². The number of hydrogen-bond donors (Lipinski definition) is 0. The molecule has 0 N–H and O–H groups in total. The zero-order valence-corrected chi connectivity index (χ0v) is 5.25. The number of rotatable bonds is 0. The first-order chi connectivity index (χ1) is 4.45. The molecule has 0 aromatic carbocycles. The fraction of sp³-hybridized carbons (Fsp3) is 1.00. The summed E-state index contributed by atoms with van der Waals surface area (Å²) in [6.45, 7) is 0. The molecule has 3 heterocycles. The summed E-state index contributed by atoms with van der Waals surface area (Å²) in [5.41, 5.74) is 0. The summed E-state index contributed by atoms with van der Waals surface area (Å²) in [5, 5.41) is 0. The highest BCUT2D eigenvalue weighted by atomic mass is 16.7. The Morgan fingerprint density at radius 2 is 1.56 bits per heavy atom.